The first-order valence-electron chi connectivity index (χ1n) is 6.79. The van der Waals surface area contributed by atoms with Crippen LogP contribution < -0.4 is 10.1 Å². The first-order valence-corrected chi connectivity index (χ1v) is 7.17. The van der Waals surface area contributed by atoms with Gasteiger partial charge in [0.15, 0.2) is 0 Å². The Kier molecular flexibility index (Phi) is 5.84. The highest BCUT2D eigenvalue weighted by molar-refractivity contribution is 6.30. The maximum Gasteiger partial charge on any atom is 0.213 e. The second kappa shape index (κ2) is 7.88. The van der Waals surface area contributed by atoms with Crippen LogP contribution >= 0.6 is 11.6 Å². The highest BCUT2D eigenvalue weighted by atomic mass is 35.5. The number of ether oxygens (including phenoxy) is 1. The molecule has 2 aromatic rings. The Bertz CT molecular complexity index is 502. The van der Waals surface area contributed by atoms with E-state index in [0.29, 0.717) is 18.5 Å². The number of hydrogen-bond acceptors (Lipinski definition) is 3. The molecule has 0 radical (unpaired) electrons. The van der Waals surface area contributed by atoms with Crippen LogP contribution in [0.2, 0.25) is 5.02 Å². The van der Waals surface area contributed by atoms with Gasteiger partial charge in [-0.3, -0.25) is 0 Å². The van der Waals surface area contributed by atoms with Crippen LogP contribution in [0.4, 0.5) is 0 Å². The van der Waals surface area contributed by atoms with Gasteiger partial charge in [0.05, 0.1) is 0 Å². The molecule has 1 atom stereocenters. The Morgan fingerprint density at radius 2 is 2.00 bits per heavy atom. The van der Waals surface area contributed by atoms with Crippen molar-refractivity contribution in [3.63, 3.8) is 0 Å². The predicted octanol–water partition coefficient (Wildman–Crippen LogP) is 3.68. The van der Waals surface area contributed by atoms with Gasteiger partial charge in [-0.25, -0.2) is 4.98 Å². The molecule has 2 rings (SSSR count). The van der Waals surface area contributed by atoms with Crippen molar-refractivity contribution in [2.24, 2.45) is 0 Å². The van der Waals surface area contributed by atoms with Crippen molar-refractivity contribution in [3.05, 3.63) is 59.2 Å². The third-order valence-electron chi connectivity index (χ3n) is 3.07. The summed E-state index contributed by atoms with van der Waals surface area (Å²) in [6.07, 6.45) is 2.73. The normalized spacial score (nSPS) is 12.1. The fourth-order valence-electron chi connectivity index (χ4n) is 1.80. The van der Waals surface area contributed by atoms with E-state index in [1.807, 2.05) is 42.5 Å². The van der Waals surface area contributed by atoms with Crippen LogP contribution in [0, 0.1) is 0 Å². The molecule has 1 aromatic heterocycles. The quantitative estimate of drug-likeness (QED) is 0.844. The molecule has 0 saturated carbocycles. The zero-order valence-corrected chi connectivity index (χ0v) is 12.3. The molecule has 1 N–H and O–H groups in total. The summed E-state index contributed by atoms with van der Waals surface area (Å²) in [7, 11) is 0. The van der Waals surface area contributed by atoms with Gasteiger partial charge in [-0.1, -0.05) is 36.7 Å². The molecular weight excluding hydrogens is 272 g/mol. The maximum absolute atomic E-state index is 5.87. The molecule has 4 heteroatoms. The van der Waals surface area contributed by atoms with Crippen molar-refractivity contribution < 1.29 is 4.74 Å². The monoisotopic (exact) mass is 290 g/mol. The van der Waals surface area contributed by atoms with Crippen LogP contribution in [-0.4, -0.2) is 17.6 Å². The fraction of sp³-hybridized carbons (Fsp3) is 0.312. The van der Waals surface area contributed by atoms with Crippen molar-refractivity contribution in [2.45, 2.75) is 25.9 Å². The van der Waals surface area contributed by atoms with Crippen LogP contribution in [-0.2, 0) is 6.54 Å². The summed E-state index contributed by atoms with van der Waals surface area (Å²) in [5, 5.41) is 4.24. The fourth-order valence-corrected chi connectivity index (χ4v) is 1.93. The number of nitrogens with one attached hydrogen (secondary N) is 1. The number of hydrogen-bond donors (Lipinski definition) is 1. The average Bonchev–Trinajstić information content (AvgIpc) is 2.50. The molecule has 20 heavy (non-hydrogen) atoms. The Morgan fingerprint density at radius 1 is 1.20 bits per heavy atom. The van der Waals surface area contributed by atoms with E-state index in [1.54, 1.807) is 6.20 Å². The summed E-state index contributed by atoms with van der Waals surface area (Å²) in [5.41, 5.74) is 1.21. The molecule has 1 unspecified atom stereocenters. The Balaban J connectivity index is 1.79. The molecule has 0 saturated heterocycles. The SMILES string of the molecule is CCC(COc1ccccn1)NCc1ccc(Cl)cc1. The highest BCUT2D eigenvalue weighted by Gasteiger charge is 2.07. The van der Waals surface area contributed by atoms with Gasteiger partial charge in [-0.15, -0.1) is 0 Å². The minimum absolute atomic E-state index is 0.299. The molecule has 0 aliphatic rings. The van der Waals surface area contributed by atoms with Crippen molar-refractivity contribution >= 4 is 11.6 Å². The van der Waals surface area contributed by atoms with Gasteiger partial charge >= 0.3 is 0 Å². The van der Waals surface area contributed by atoms with Crippen LogP contribution in [0.15, 0.2) is 48.7 Å². The second-order valence-corrected chi connectivity index (χ2v) is 5.03. The molecule has 3 nitrogen and oxygen atoms in total. The van der Waals surface area contributed by atoms with Gasteiger partial charge in [-0.2, -0.15) is 0 Å². The van der Waals surface area contributed by atoms with Crippen molar-refractivity contribution in [2.75, 3.05) is 6.61 Å². The standard InChI is InChI=1S/C16H19ClN2O/c1-2-15(12-20-16-5-3-4-10-18-16)19-11-13-6-8-14(17)9-7-13/h3-10,15,19H,2,11-12H2,1H3. The van der Waals surface area contributed by atoms with E-state index in [4.69, 9.17) is 16.3 Å². The number of halogens is 1. The summed E-state index contributed by atoms with van der Waals surface area (Å²) in [6.45, 7) is 3.56. The molecular formula is C16H19ClN2O. The lowest BCUT2D eigenvalue weighted by molar-refractivity contribution is 0.251. The Hall–Kier alpha value is -1.58. The third kappa shape index (κ3) is 4.83. The largest absolute Gasteiger partial charge is 0.476 e. The van der Waals surface area contributed by atoms with E-state index >= 15 is 0 Å². The summed E-state index contributed by atoms with van der Waals surface area (Å²) in [4.78, 5) is 4.15. The van der Waals surface area contributed by atoms with Crippen molar-refractivity contribution in [3.8, 4) is 5.88 Å². The smallest absolute Gasteiger partial charge is 0.213 e. The summed E-state index contributed by atoms with van der Waals surface area (Å²) in [5.74, 6) is 0.666. The van der Waals surface area contributed by atoms with Crippen LogP contribution in [0.1, 0.15) is 18.9 Å². The zero-order valence-electron chi connectivity index (χ0n) is 11.6. The van der Waals surface area contributed by atoms with Crippen molar-refractivity contribution in [1.29, 1.82) is 0 Å². The second-order valence-electron chi connectivity index (χ2n) is 4.59. The molecule has 106 valence electrons. The molecule has 0 aliphatic heterocycles. The van der Waals surface area contributed by atoms with Gasteiger partial charge in [0.1, 0.15) is 6.61 Å². The van der Waals surface area contributed by atoms with E-state index in [2.05, 4.69) is 17.2 Å². The lowest BCUT2D eigenvalue weighted by atomic mass is 10.2. The minimum Gasteiger partial charge on any atom is -0.476 e. The Labute approximate surface area is 124 Å². The van der Waals surface area contributed by atoms with E-state index in [9.17, 15) is 0 Å². The van der Waals surface area contributed by atoms with Gasteiger partial charge < -0.3 is 10.1 Å². The number of rotatable bonds is 7. The van der Waals surface area contributed by atoms with E-state index in [0.717, 1.165) is 18.0 Å². The van der Waals surface area contributed by atoms with E-state index in [1.165, 1.54) is 5.56 Å². The van der Waals surface area contributed by atoms with Crippen molar-refractivity contribution in [1.82, 2.24) is 10.3 Å². The maximum atomic E-state index is 5.87. The van der Waals surface area contributed by atoms with Crippen LogP contribution in [0.25, 0.3) is 0 Å². The molecule has 1 aromatic carbocycles. The van der Waals surface area contributed by atoms with Crippen LogP contribution in [0.5, 0.6) is 5.88 Å². The molecule has 0 amide bonds. The number of aromatic nitrogens is 1. The minimum atomic E-state index is 0.299. The van der Waals surface area contributed by atoms with E-state index in [-0.39, 0.29) is 0 Å². The molecule has 1 heterocycles. The molecule has 0 fully saturated rings. The van der Waals surface area contributed by atoms with Gasteiger partial charge in [-0.05, 0) is 30.2 Å². The van der Waals surface area contributed by atoms with Gasteiger partial charge in [0, 0.05) is 29.9 Å². The van der Waals surface area contributed by atoms with Gasteiger partial charge in [0.25, 0.3) is 0 Å². The number of pyridine rings is 1. The average molecular weight is 291 g/mol. The lowest BCUT2D eigenvalue weighted by Crippen LogP contribution is -2.33. The van der Waals surface area contributed by atoms with E-state index < -0.39 is 0 Å². The zero-order chi connectivity index (χ0) is 14.2. The first-order chi connectivity index (χ1) is 9.78. The lowest BCUT2D eigenvalue weighted by Gasteiger charge is -2.17. The van der Waals surface area contributed by atoms with Crippen LogP contribution in [0.3, 0.4) is 0 Å². The molecule has 0 aliphatic carbocycles. The summed E-state index contributed by atoms with van der Waals surface area (Å²) >= 11 is 5.87. The Morgan fingerprint density at radius 3 is 2.65 bits per heavy atom. The number of benzene rings is 1. The topological polar surface area (TPSA) is 34.1 Å². The first kappa shape index (κ1) is 14.8. The summed E-state index contributed by atoms with van der Waals surface area (Å²) in [6, 6.07) is 13.8. The third-order valence-corrected chi connectivity index (χ3v) is 3.32. The van der Waals surface area contributed by atoms with Gasteiger partial charge in [0.2, 0.25) is 5.88 Å². The summed E-state index contributed by atoms with van der Waals surface area (Å²) < 4.78 is 5.67. The molecule has 0 spiro atoms. The highest BCUT2D eigenvalue weighted by Crippen LogP contribution is 2.10. The number of nitrogens with zero attached hydrogens (tertiary/aromatic N) is 1. The molecule has 0 bridgehead atoms. The predicted molar refractivity (Wildman–Crippen MR) is 82.1 cm³/mol.